The molecule has 0 aromatic carbocycles. The van der Waals surface area contributed by atoms with Crippen LogP contribution in [0.2, 0.25) is 0 Å². The number of nitrogen functional groups attached to an aromatic ring is 1. The normalized spacial score (nSPS) is 30.7. The first kappa shape index (κ1) is 28.7. The van der Waals surface area contributed by atoms with E-state index in [9.17, 15) is 10.1 Å². The molecule has 2 aromatic rings. The number of allylic oxidation sites excluding steroid dienone is 1. The lowest BCUT2D eigenvalue weighted by Crippen LogP contribution is -2.43. The summed E-state index contributed by atoms with van der Waals surface area (Å²) in [6.45, 7) is 4.69. The molecule has 1 saturated carbocycles. The van der Waals surface area contributed by atoms with Gasteiger partial charge in [0.15, 0.2) is 11.6 Å². The zero-order valence-electron chi connectivity index (χ0n) is 25.0. The highest BCUT2D eigenvalue weighted by atomic mass is 32.1. The summed E-state index contributed by atoms with van der Waals surface area (Å²) in [4.78, 5) is 27.9. The molecular formula is C32H40N6O4S. The largest absolute Gasteiger partial charge is 0.473 e. The number of ether oxygens (including phenoxy) is 3. The highest BCUT2D eigenvalue weighted by Gasteiger charge is 2.50. The number of fused-ring (bicyclic) bond motifs is 4. The average Bonchev–Trinajstić information content (AvgIpc) is 3.73. The summed E-state index contributed by atoms with van der Waals surface area (Å²) in [6, 6.07) is 2.59. The lowest BCUT2D eigenvalue weighted by atomic mass is 9.61. The second-order valence-electron chi connectivity index (χ2n) is 12.8. The van der Waals surface area contributed by atoms with Crippen molar-refractivity contribution >= 4 is 27.8 Å². The van der Waals surface area contributed by atoms with Crippen LogP contribution in [0.3, 0.4) is 0 Å². The van der Waals surface area contributed by atoms with Crippen molar-refractivity contribution in [3.8, 4) is 11.9 Å². The zero-order chi connectivity index (χ0) is 29.9. The summed E-state index contributed by atoms with van der Waals surface area (Å²) in [7, 11) is 2.14. The van der Waals surface area contributed by atoms with Gasteiger partial charge in [0.1, 0.15) is 22.8 Å². The Morgan fingerprint density at radius 3 is 2.72 bits per heavy atom. The molecule has 5 heterocycles. The number of hydrogen-bond acceptors (Lipinski definition) is 11. The third-order valence-electron chi connectivity index (χ3n) is 10.4. The number of nitrogens with zero attached hydrogens (tertiary/aromatic N) is 4. The van der Waals surface area contributed by atoms with Gasteiger partial charge in [-0.1, -0.05) is 0 Å². The van der Waals surface area contributed by atoms with Gasteiger partial charge < -0.3 is 25.7 Å². The topological polar surface area (TPSA) is 150 Å². The first-order valence-corrected chi connectivity index (χ1v) is 16.4. The number of thiophene rings is 1. The Morgan fingerprint density at radius 2 is 2.00 bits per heavy atom. The number of likely N-dealkylation sites (N-methyl/N-ethyl adjacent to an activating group) is 1. The van der Waals surface area contributed by atoms with Crippen molar-refractivity contribution in [2.24, 2.45) is 5.73 Å². The van der Waals surface area contributed by atoms with E-state index in [-0.39, 0.29) is 17.6 Å². The molecule has 5 aliphatic rings. The molecule has 2 aliphatic carbocycles. The van der Waals surface area contributed by atoms with Crippen LogP contribution in [-0.2, 0) is 38.1 Å². The second kappa shape index (κ2) is 10.8. The molecule has 7 rings (SSSR count). The Balaban J connectivity index is 1.33. The first-order chi connectivity index (χ1) is 20.8. The Bertz CT molecular complexity index is 1540. The summed E-state index contributed by atoms with van der Waals surface area (Å²) in [5, 5.41) is 10.5. The monoisotopic (exact) mass is 604 g/mol. The molecule has 2 saturated heterocycles. The number of Topliss-reactive ketones (excluding diaryl/α,β-unsaturated/α-hetero) is 1. The van der Waals surface area contributed by atoms with Crippen molar-refractivity contribution < 1.29 is 19.0 Å². The molecular weight excluding hydrogens is 564 g/mol. The SMILES string of the molecule is C[C@H](Oc1nc(/C(N)=C2\CCC[C@@]3(CCCc4sc(N)c(C#N)c43)C2=O)nc2c1CCO[C@]21CCOC1)[C@@H]1CCCN1C. The van der Waals surface area contributed by atoms with Gasteiger partial charge >= 0.3 is 0 Å². The smallest absolute Gasteiger partial charge is 0.221 e. The van der Waals surface area contributed by atoms with E-state index in [2.05, 4.69) is 24.9 Å². The molecule has 0 amide bonds. The van der Waals surface area contributed by atoms with E-state index in [0.29, 0.717) is 85.8 Å². The molecule has 0 bridgehead atoms. The Labute approximate surface area is 256 Å². The Kier molecular flexibility index (Phi) is 7.24. The summed E-state index contributed by atoms with van der Waals surface area (Å²) in [5.74, 6) is 0.812. The zero-order valence-corrected chi connectivity index (χ0v) is 25.9. The number of hydrogen-bond donors (Lipinski definition) is 2. The van der Waals surface area contributed by atoms with Gasteiger partial charge in [-0.15, -0.1) is 11.3 Å². The molecule has 10 nitrogen and oxygen atoms in total. The maximum absolute atomic E-state index is 14.5. The van der Waals surface area contributed by atoms with E-state index in [1.807, 2.05) is 0 Å². The van der Waals surface area contributed by atoms with Crippen molar-refractivity contribution in [3.05, 3.63) is 38.7 Å². The molecule has 2 aromatic heterocycles. The van der Waals surface area contributed by atoms with Crippen LogP contribution in [0.15, 0.2) is 5.57 Å². The van der Waals surface area contributed by atoms with Crippen molar-refractivity contribution in [2.75, 3.05) is 39.1 Å². The van der Waals surface area contributed by atoms with Crippen LogP contribution < -0.4 is 16.2 Å². The molecule has 3 fully saturated rings. The summed E-state index contributed by atoms with van der Waals surface area (Å²) in [5.41, 5.74) is 15.6. The summed E-state index contributed by atoms with van der Waals surface area (Å²) < 4.78 is 18.8. The minimum Gasteiger partial charge on any atom is -0.473 e. The van der Waals surface area contributed by atoms with Gasteiger partial charge in [0.25, 0.3) is 0 Å². The lowest BCUT2D eigenvalue weighted by molar-refractivity contribution is -0.122. The van der Waals surface area contributed by atoms with E-state index in [4.69, 9.17) is 35.6 Å². The Morgan fingerprint density at radius 1 is 1.19 bits per heavy atom. The molecule has 0 unspecified atom stereocenters. The molecule has 43 heavy (non-hydrogen) atoms. The number of nitrogens with two attached hydrogens (primary N) is 2. The molecule has 2 spiro atoms. The number of nitriles is 1. The molecule has 4 N–H and O–H groups in total. The predicted molar refractivity (Wildman–Crippen MR) is 163 cm³/mol. The number of ketones is 1. The predicted octanol–water partition coefficient (Wildman–Crippen LogP) is 3.74. The van der Waals surface area contributed by atoms with Gasteiger partial charge in [-0.2, -0.15) is 10.2 Å². The number of anilines is 1. The number of likely N-dealkylation sites (tertiary alicyclic amines) is 1. The van der Waals surface area contributed by atoms with Crippen molar-refractivity contribution in [2.45, 2.75) is 94.3 Å². The van der Waals surface area contributed by atoms with Gasteiger partial charge in [-0.3, -0.25) is 9.69 Å². The molecule has 11 heteroatoms. The highest BCUT2D eigenvalue weighted by Crippen LogP contribution is 2.52. The molecule has 4 atom stereocenters. The van der Waals surface area contributed by atoms with Gasteiger partial charge in [0, 0.05) is 41.5 Å². The number of aryl methyl sites for hydroxylation is 1. The van der Waals surface area contributed by atoms with Crippen LogP contribution in [0.25, 0.3) is 5.70 Å². The minimum absolute atomic E-state index is 0.0219. The minimum atomic E-state index is -0.788. The maximum Gasteiger partial charge on any atom is 0.221 e. The number of carbonyl (C=O) groups is 1. The summed E-state index contributed by atoms with van der Waals surface area (Å²) in [6.07, 6.45) is 7.84. The van der Waals surface area contributed by atoms with E-state index in [1.165, 1.54) is 11.3 Å². The van der Waals surface area contributed by atoms with Crippen LogP contribution in [0, 0.1) is 11.3 Å². The maximum atomic E-state index is 14.5. The van der Waals surface area contributed by atoms with E-state index >= 15 is 0 Å². The fourth-order valence-electron chi connectivity index (χ4n) is 8.25. The standard InChI is InChI=1S/C32H40N6O4S/c1-18(22-7-5-13-38(22)2)42-30-20-9-14-41-32(12-15-40-17-32)26(20)36-29(37-30)25(34)19-6-3-10-31(27(19)39)11-4-8-23-24(31)21(16-33)28(35)43-23/h18,22H,3-15,17,34-35H2,1-2H3/b25-19-/t18-,22-,31-,32-/m0/s1. The molecule has 3 aliphatic heterocycles. The van der Waals surface area contributed by atoms with Crippen LogP contribution in [0.5, 0.6) is 5.88 Å². The first-order valence-electron chi connectivity index (χ1n) is 15.6. The van der Waals surface area contributed by atoms with Crippen molar-refractivity contribution in [3.63, 3.8) is 0 Å². The number of aromatic nitrogens is 2. The van der Waals surface area contributed by atoms with E-state index < -0.39 is 11.0 Å². The number of rotatable bonds is 4. The molecule has 0 radical (unpaired) electrons. The average molecular weight is 605 g/mol. The van der Waals surface area contributed by atoms with Gasteiger partial charge in [0.2, 0.25) is 5.88 Å². The lowest BCUT2D eigenvalue weighted by Gasteiger charge is -2.40. The van der Waals surface area contributed by atoms with Crippen LogP contribution in [0.1, 0.15) is 91.4 Å². The number of carbonyl (C=O) groups excluding carboxylic acids is 1. The van der Waals surface area contributed by atoms with E-state index in [0.717, 1.165) is 60.3 Å². The van der Waals surface area contributed by atoms with Crippen molar-refractivity contribution in [1.29, 1.82) is 5.26 Å². The van der Waals surface area contributed by atoms with Crippen LogP contribution in [-0.4, -0.2) is 66.2 Å². The quantitative estimate of drug-likeness (QED) is 0.494. The molecule has 228 valence electrons. The third-order valence-corrected chi connectivity index (χ3v) is 11.5. The van der Waals surface area contributed by atoms with Crippen LogP contribution in [0.4, 0.5) is 5.00 Å². The summed E-state index contributed by atoms with van der Waals surface area (Å²) >= 11 is 1.45. The van der Waals surface area contributed by atoms with E-state index in [1.54, 1.807) is 0 Å². The third kappa shape index (κ3) is 4.48. The second-order valence-corrected chi connectivity index (χ2v) is 14.0. The highest BCUT2D eigenvalue weighted by molar-refractivity contribution is 7.16. The van der Waals surface area contributed by atoms with Crippen LogP contribution >= 0.6 is 11.3 Å². The fourth-order valence-corrected chi connectivity index (χ4v) is 9.41. The Hall–Kier alpha value is -3.04. The van der Waals surface area contributed by atoms with Gasteiger partial charge in [-0.25, -0.2) is 4.98 Å². The van der Waals surface area contributed by atoms with Gasteiger partial charge in [0.05, 0.1) is 35.6 Å². The van der Waals surface area contributed by atoms with Crippen molar-refractivity contribution in [1.82, 2.24) is 14.9 Å². The fraction of sp³-hybridized carbons (Fsp3) is 0.625. The van der Waals surface area contributed by atoms with Gasteiger partial charge in [-0.05, 0) is 77.4 Å².